The molecule has 0 unspecified atom stereocenters. The number of likely N-dealkylation sites (tertiary alicyclic amines) is 2. The van der Waals surface area contributed by atoms with Gasteiger partial charge in [-0.3, -0.25) is 19.8 Å². The number of ether oxygens (including phenoxy) is 2. The number of anilines is 1. The number of amides is 2. The molecule has 2 aliphatic rings. The van der Waals surface area contributed by atoms with Crippen LogP contribution in [0, 0.1) is 5.92 Å². The first-order valence-electron chi connectivity index (χ1n) is 13.0. The molecular formula is C27H35BrN4O5S. The van der Waals surface area contributed by atoms with Gasteiger partial charge in [-0.1, -0.05) is 0 Å². The molecule has 4 rings (SSSR count). The maximum Gasteiger partial charge on any atom is 0.413 e. The van der Waals surface area contributed by atoms with Crippen molar-refractivity contribution in [2.75, 3.05) is 31.5 Å². The standard InChI is InChI=1S/C27H35BrN4O5S/c1-27(2,3)37-26(35)30-23-14-18(4-9-29-23)15-31-10-5-19(6-11-31)25(34)32-12-7-20(8-13-32)36-24-21(28)17-38-22(24)16-33/h4,9,14,16-17,19-20H,5-8,10-13,15H2,1-3H3,(H,29,30,35). The molecule has 0 saturated carbocycles. The molecule has 206 valence electrons. The molecule has 0 bridgehead atoms. The summed E-state index contributed by atoms with van der Waals surface area (Å²) in [6, 6.07) is 3.80. The molecular weight excluding hydrogens is 572 g/mol. The highest BCUT2D eigenvalue weighted by molar-refractivity contribution is 9.10. The molecule has 2 fully saturated rings. The molecule has 2 aromatic heterocycles. The van der Waals surface area contributed by atoms with Crippen LogP contribution in [0.3, 0.4) is 0 Å². The second-order valence-electron chi connectivity index (χ2n) is 10.8. The van der Waals surface area contributed by atoms with Crippen molar-refractivity contribution in [3.05, 3.63) is 38.6 Å². The molecule has 9 nitrogen and oxygen atoms in total. The van der Waals surface area contributed by atoms with E-state index < -0.39 is 11.7 Å². The Morgan fingerprint density at radius 3 is 2.55 bits per heavy atom. The summed E-state index contributed by atoms with van der Waals surface area (Å²) in [6.45, 7) is 9.21. The predicted octanol–water partition coefficient (Wildman–Crippen LogP) is 5.35. The second-order valence-corrected chi connectivity index (χ2v) is 12.5. The molecule has 2 saturated heterocycles. The topological polar surface area (TPSA) is 101 Å². The number of carbonyl (C=O) groups is 3. The molecule has 2 aliphatic heterocycles. The van der Waals surface area contributed by atoms with E-state index in [-0.39, 0.29) is 17.9 Å². The molecule has 11 heteroatoms. The maximum atomic E-state index is 13.2. The molecule has 0 aliphatic carbocycles. The summed E-state index contributed by atoms with van der Waals surface area (Å²) < 4.78 is 12.2. The van der Waals surface area contributed by atoms with Gasteiger partial charge in [-0.2, -0.15) is 0 Å². The number of thiophene rings is 1. The van der Waals surface area contributed by atoms with Gasteiger partial charge in [0.2, 0.25) is 5.91 Å². The zero-order chi connectivity index (χ0) is 27.3. The zero-order valence-electron chi connectivity index (χ0n) is 22.1. The molecule has 0 aromatic carbocycles. The molecule has 0 spiro atoms. The number of nitrogens with one attached hydrogen (secondary N) is 1. The Kier molecular flexibility index (Phi) is 9.43. The number of halogens is 1. The van der Waals surface area contributed by atoms with Gasteiger partial charge in [0.15, 0.2) is 12.0 Å². The third-order valence-corrected chi connectivity index (χ3v) is 8.45. The Bertz CT molecular complexity index is 1130. The van der Waals surface area contributed by atoms with Crippen LogP contribution in [-0.2, 0) is 16.1 Å². The smallest absolute Gasteiger partial charge is 0.413 e. The number of hydrogen-bond donors (Lipinski definition) is 1. The van der Waals surface area contributed by atoms with Gasteiger partial charge in [-0.25, -0.2) is 9.78 Å². The average molecular weight is 608 g/mol. The van der Waals surface area contributed by atoms with E-state index in [1.54, 1.807) is 6.20 Å². The predicted molar refractivity (Wildman–Crippen MR) is 150 cm³/mol. The fourth-order valence-electron chi connectivity index (χ4n) is 4.80. The van der Waals surface area contributed by atoms with Crippen molar-refractivity contribution in [2.45, 2.75) is 64.7 Å². The number of hydrogen-bond acceptors (Lipinski definition) is 8. The zero-order valence-corrected chi connectivity index (χ0v) is 24.5. The average Bonchev–Trinajstić information content (AvgIpc) is 3.22. The maximum absolute atomic E-state index is 13.2. The molecule has 2 amide bonds. The van der Waals surface area contributed by atoms with Crippen LogP contribution < -0.4 is 10.1 Å². The summed E-state index contributed by atoms with van der Waals surface area (Å²) in [5.74, 6) is 1.35. The quantitative estimate of drug-likeness (QED) is 0.424. The summed E-state index contributed by atoms with van der Waals surface area (Å²) in [5.41, 5.74) is 0.475. The van der Waals surface area contributed by atoms with E-state index in [1.807, 2.05) is 43.2 Å². The minimum atomic E-state index is -0.574. The third kappa shape index (κ3) is 7.77. The number of rotatable bonds is 7. The summed E-state index contributed by atoms with van der Waals surface area (Å²) in [5, 5.41) is 4.55. The van der Waals surface area contributed by atoms with Crippen LogP contribution >= 0.6 is 27.3 Å². The molecule has 0 radical (unpaired) electrons. The largest absolute Gasteiger partial charge is 0.487 e. The van der Waals surface area contributed by atoms with Crippen LogP contribution in [0.4, 0.5) is 10.6 Å². The van der Waals surface area contributed by atoms with E-state index in [9.17, 15) is 14.4 Å². The summed E-state index contributed by atoms with van der Waals surface area (Å²) >= 11 is 4.81. The van der Waals surface area contributed by atoms with Gasteiger partial charge >= 0.3 is 6.09 Å². The second kappa shape index (κ2) is 12.6. The lowest BCUT2D eigenvalue weighted by Crippen LogP contribution is -2.47. The van der Waals surface area contributed by atoms with Gasteiger partial charge in [-0.05, 0) is 80.3 Å². The van der Waals surface area contributed by atoms with Crippen molar-refractivity contribution < 1.29 is 23.9 Å². The van der Waals surface area contributed by atoms with Crippen molar-refractivity contribution in [1.82, 2.24) is 14.8 Å². The molecule has 38 heavy (non-hydrogen) atoms. The summed E-state index contributed by atoms with van der Waals surface area (Å²) in [4.78, 5) is 45.6. The monoisotopic (exact) mass is 606 g/mol. The first-order chi connectivity index (χ1) is 18.1. The Hall–Kier alpha value is -2.50. The van der Waals surface area contributed by atoms with E-state index in [4.69, 9.17) is 9.47 Å². The first-order valence-corrected chi connectivity index (χ1v) is 14.6. The fraction of sp³-hybridized carbons (Fsp3) is 0.556. The van der Waals surface area contributed by atoms with E-state index in [2.05, 4.69) is 31.1 Å². The lowest BCUT2D eigenvalue weighted by molar-refractivity contribution is -0.139. The number of carbonyl (C=O) groups excluding carboxylic acids is 3. The minimum absolute atomic E-state index is 0.000518. The normalized spacial score (nSPS) is 17.7. The highest BCUT2D eigenvalue weighted by Gasteiger charge is 2.32. The molecule has 2 aromatic rings. The van der Waals surface area contributed by atoms with Crippen molar-refractivity contribution in [3.63, 3.8) is 0 Å². The molecule has 1 N–H and O–H groups in total. The molecule has 0 atom stereocenters. The van der Waals surface area contributed by atoms with Crippen LogP contribution in [0.25, 0.3) is 0 Å². The number of pyridine rings is 1. The summed E-state index contributed by atoms with van der Waals surface area (Å²) in [7, 11) is 0. The first kappa shape index (κ1) is 28.5. The van der Waals surface area contributed by atoms with Gasteiger partial charge in [0.25, 0.3) is 0 Å². The molecule has 4 heterocycles. The lowest BCUT2D eigenvalue weighted by atomic mass is 9.94. The highest BCUT2D eigenvalue weighted by Crippen LogP contribution is 2.36. The lowest BCUT2D eigenvalue weighted by Gasteiger charge is -2.37. The Labute approximate surface area is 236 Å². The van der Waals surface area contributed by atoms with E-state index in [0.29, 0.717) is 29.5 Å². The van der Waals surface area contributed by atoms with Crippen LogP contribution in [0.5, 0.6) is 5.75 Å². The highest BCUT2D eigenvalue weighted by atomic mass is 79.9. The van der Waals surface area contributed by atoms with Crippen molar-refractivity contribution in [2.24, 2.45) is 5.92 Å². The Morgan fingerprint density at radius 1 is 1.18 bits per heavy atom. The fourth-order valence-corrected chi connectivity index (χ4v) is 6.18. The van der Waals surface area contributed by atoms with E-state index >= 15 is 0 Å². The number of aromatic nitrogens is 1. The van der Waals surface area contributed by atoms with E-state index in [1.165, 1.54) is 11.3 Å². The number of nitrogens with zero attached hydrogens (tertiary/aromatic N) is 3. The van der Waals surface area contributed by atoms with Gasteiger partial charge in [0, 0.05) is 50.0 Å². The van der Waals surface area contributed by atoms with Crippen molar-refractivity contribution in [3.8, 4) is 5.75 Å². The number of aldehydes is 1. The van der Waals surface area contributed by atoms with Crippen LogP contribution in [0.2, 0.25) is 0 Å². The van der Waals surface area contributed by atoms with Crippen LogP contribution in [0.1, 0.15) is 61.7 Å². The van der Waals surface area contributed by atoms with Gasteiger partial charge in [-0.15, -0.1) is 11.3 Å². The van der Waals surface area contributed by atoms with Crippen molar-refractivity contribution >= 4 is 51.4 Å². The minimum Gasteiger partial charge on any atom is -0.487 e. The summed E-state index contributed by atoms with van der Waals surface area (Å²) in [6.07, 6.45) is 5.15. The Morgan fingerprint density at radius 2 is 1.89 bits per heavy atom. The SMILES string of the molecule is CC(C)(C)OC(=O)Nc1cc(CN2CCC(C(=O)N3CCC(Oc4c(Br)csc4C=O)CC3)CC2)ccn1. The Balaban J connectivity index is 1.21. The number of piperidine rings is 2. The van der Waals surface area contributed by atoms with Gasteiger partial charge < -0.3 is 14.4 Å². The van der Waals surface area contributed by atoms with Gasteiger partial charge in [0.1, 0.15) is 22.4 Å². The van der Waals surface area contributed by atoms with Crippen LogP contribution in [0.15, 0.2) is 28.2 Å². The van der Waals surface area contributed by atoms with E-state index in [0.717, 1.165) is 61.6 Å². The van der Waals surface area contributed by atoms with Crippen molar-refractivity contribution in [1.29, 1.82) is 0 Å². The van der Waals surface area contributed by atoms with Gasteiger partial charge in [0.05, 0.1) is 4.47 Å². The third-order valence-electron chi connectivity index (χ3n) is 6.67. The van der Waals surface area contributed by atoms with Crippen LogP contribution in [-0.4, -0.2) is 71.0 Å².